The van der Waals surface area contributed by atoms with Crippen molar-refractivity contribution in [1.82, 2.24) is 4.31 Å². The Kier molecular flexibility index (Phi) is 7.79. The van der Waals surface area contributed by atoms with E-state index in [1.165, 1.54) is 16.4 Å². The summed E-state index contributed by atoms with van der Waals surface area (Å²) in [6.45, 7) is 2.71. The molecule has 9 heteroatoms. The molecule has 30 heavy (non-hydrogen) atoms. The molecule has 2 fully saturated rings. The number of carboxylic acids is 1. The van der Waals surface area contributed by atoms with Crippen LogP contribution in [0.2, 0.25) is 0 Å². The third-order valence-corrected chi connectivity index (χ3v) is 9.26. The molecule has 1 saturated heterocycles. The number of hydrogen-bond donors (Lipinski definition) is 1. The normalized spacial score (nSPS) is 24.6. The summed E-state index contributed by atoms with van der Waals surface area (Å²) in [5, 5.41) is 8.99. The molecule has 3 rings (SSSR count). The van der Waals surface area contributed by atoms with E-state index < -0.39 is 27.2 Å². The molecule has 0 amide bonds. The molecule has 0 aromatic heterocycles. The van der Waals surface area contributed by atoms with E-state index in [1.54, 1.807) is 6.07 Å². The van der Waals surface area contributed by atoms with Crippen molar-refractivity contribution in [3.63, 3.8) is 0 Å². The number of piperidine rings is 1. The molecule has 1 aliphatic carbocycles. The Morgan fingerprint density at radius 3 is 2.60 bits per heavy atom. The van der Waals surface area contributed by atoms with Crippen molar-refractivity contribution >= 4 is 31.9 Å². The molecule has 1 heterocycles. The lowest BCUT2D eigenvalue weighted by atomic mass is 9.87. The number of halogens is 2. The summed E-state index contributed by atoms with van der Waals surface area (Å²) in [5.74, 6) is -1.15. The maximum Gasteiger partial charge on any atom is 0.306 e. The second kappa shape index (κ2) is 9.96. The quantitative estimate of drug-likeness (QED) is 0.564. The number of carbonyl (C=O) groups is 1. The predicted molar refractivity (Wildman–Crippen MR) is 115 cm³/mol. The Balaban J connectivity index is 1.56. The molecule has 2 aliphatic rings. The second-order valence-electron chi connectivity index (χ2n) is 8.26. The summed E-state index contributed by atoms with van der Waals surface area (Å²) in [6, 6.07) is 4.24. The van der Waals surface area contributed by atoms with E-state index in [4.69, 9.17) is 4.74 Å². The fraction of sp³-hybridized carbons (Fsp3) is 0.667. The average Bonchev–Trinajstić information content (AvgIpc) is 3.19. The lowest BCUT2D eigenvalue weighted by molar-refractivity contribution is -0.143. The molecule has 1 N–H and O–H groups in total. The van der Waals surface area contributed by atoms with Crippen LogP contribution in [-0.4, -0.2) is 48.2 Å². The monoisotopic (exact) mass is 505 g/mol. The van der Waals surface area contributed by atoms with Crippen molar-refractivity contribution < 1.29 is 27.4 Å². The molecule has 1 aromatic carbocycles. The lowest BCUT2D eigenvalue weighted by Gasteiger charge is -2.33. The van der Waals surface area contributed by atoms with E-state index in [9.17, 15) is 22.7 Å². The summed E-state index contributed by atoms with van der Waals surface area (Å²) in [4.78, 5) is 11.6. The SMILES string of the molecule is CCCC(C(=O)O)C1CCC(S(=O)(=O)N2CCC(Oc3ccc(F)cc3Br)CC2)C1. The van der Waals surface area contributed by atoms with Crippen LogP contribution in [0.1, 0.15) is 51.9 Å². The van der Waals surface area contributed by atoms with Crippen LogP contribution < -0.4 is 4.74 Å². The van der Waals surface area contributed by atoms with Gasteiger partial charge in [0.25, 0.3) is 0 Å². The third-order valence-electron chi connectivity index (χ3n) is 6.28. The molecule has 1 saturated carbocycles. The highest BCUT2D eigenvalue weighted by molar-refractivity contribution is 9.10. The molecule has 3 unspecified atom stereocenters. The van der Waals surface area contributed by atoms with Crippen molar-refractivity contribution in [2.75, 3.05) is 13.1 Å². The van der Waals surface area contributed by atoms with Gasteiger partial charge in [0.15, 0.2) is 0 Å². The van der Waals surface area contributed by atoms with Gasteiger partial charge in [-0.1, -0.05) is 13.3 Å². The van der Waals surface area contributed by atoms with Gasteiger partial charge in [0.2, 0.25) is 10.0 Å². The Morgan fingerprint density at radius 2 is 2.00 bits per heavy atom. The molecule has 3 atom stereocenters. The Bertz CT molecular complexity index is 857. The zero-order valence-corrected chi connectivity index (χ0v) is 19.5. The first-order valence-corrected chi connectivity index (χ1v) is 12.9. The van der Waals surface area contributed by atoms with Crippen LogP contribution in [0, 0.1) is 17.7 Å². The fourth-order valence-electron chi connectivity index (χ4n) is 4.65. The van der Waals surface area contributed by atoms with Crippen LogP contribution >= 0.6 is 15.9 Å². The van der Waals surface area contributed by atoms with Gasteiger partial charge in [0.05, 0.1) is 15.6 Å². The van der Waals surface area contributed by atoms with Crippen LogP contribution in [0.5, 0.6) is 5.75 Å². The minimum atomic E-state index is -3.45. The molecule has 168 valence electrons. The first kappa shape index (κ1) is 23.5. The summed E-state index contributed by atoms with van der Waals surface area (Å²) < 4.78 is 47.5. The summed E-state index contributed by atoms with van der Waals surface area (Å²) in [7, 11) is -3.45. The molecule has 1 aliphatic heterocycles. The van der Waals surface area contributed by atoms with Crippen LogP contribution in [0.3, 0.4) is 0 Å². The zero-order valence-electron chi connectivity index (χ0n) is 17.1. The Labute approximate surface area is 186 Å². The van der Waals surface area contributed by atoms with E-state index in [-0.39, 0.29) is 17.8 Å². The van der Waals surface area contributed by atoms with Gasteiger partial charge in [0.1, 0.15) is 17.7 Å². The topological polar surface area (TPSA) is 83.9 Å². The minimum absolute atomic E-state index is 0.0704. The lowest BCUT2D eigenvalue weighted by Crippen LogP contribution is -2.45. The average molecular weight is 506 g/mol. The number of rotatable bonds is 8. The zero-order chi connectivity index (χ0) is 21.9. The van der Waals surface area contributed by atoms with Gasteiger partial charge in [-0.15, -0.1) is 0 Å². The molecule has 1 aromatic rings. The Hall–Kier alpha value is -1.19. The van der Waals surface area contributed by atoms with Crippen LogP contribution in [-0.2, 0) is 14.8 Å². The number of sulfonamides is 1. The first-order chi connectivity index (χ1) is 14.2. The number of ether oxygens (including phenoxy) is 1. The first-order valence-electron chi connectivity index (χ1n) is 10.6. The van der Waals surface area contributed by atoms with E-state index in [1.807, 2.05) is 6.92 Å². The molecule has 0 radical (unpaired) electrons. The van der Waals surface area contributed by atoms with Gasteiger partial charge < -0.3 is 9.84 Å². The summed E-state index contributed by atoms with van der Waals surface area (Å²) in [5.41, 5.74) is 0. The fourth-order valence-corrected chi connectivity index (χ4v) is 7.16. The number of carboxylic acid groups (broad SMARTS) is 1. The summed E-state index contributed by atoms with van der Waals surface area (Å²) in [6.07, 6.45) is 3.98. The van der Waals surface area contributed by atoms with Crippen LogP contribution in [0.15, 0.2) is 22.7 Å². The standard InChI is InChI=1S/C21H29BrFNO5S/c1-2-3-18(21(25)26)14-4-6-17(12-14)30(27,28)24-10-8-16(9-11-24)29-20-7-5-15(23)13-19(20)22/h5,7,13-14,16-18H,2-4,6,8-12H2,1H3,(H,25,26). The van der Waals surface area contributed by atoms with E-state index in [2.05, 4.69) is 15.9 Å². The number of aliphatic carboxylic acids is 1. The molecular formula is C21H29BrFNO5S. The highest BCUT2D eigenvalue weighted by atomic mass is 79.9. The maximum absolute atomic E-state index is 13.2. The number of nitrogens with zero attached hydrogens (tertiary/aromatic N) is 1. The van der Waals surface area contributed by atoms with Crippen molar-refractivity contribution in [1.29, 1.82) is 0 Å². The largest absolute Gasteiger partial charge is 0.489 e. The Morgan fingerprint density at radius 1 is 1.30 bits per heavy atom. The molecule has 0 spiro atoms. The van der Waals surface area contributed by atoms with Gasteiger partial charge >= 0.3 is 5.97 Å². The van der Waals surface area contributed by atoms with Gasteiger partial charge in [-0.2, -0.15) is 0 Å². The van der Waals surface area contributed by atoms with Crippen LogP contribution in [0.4, 0.5) is 4.39 Å². The molecule has 0 bridgehead atoms. The van der Waals surface area contributed by atoms with Gasteiger partial charge in [0, 0.05) is 13.1 Å². The summed E-state index contributed by atoms with van der Waals surface area (Å²) >= 11 is 3.29. The highest BCUT2D eigenvalue weighted by Gasteiger charge is 2.42. The van der Waals surface area contributed by atoms with Crippen molar-refractivity contribution in [3.8, 4) is 5.75 Å². The van der Waals surface area contributed by atoms with Gasteiger partial charge in [-0.3, -0.25) is 4.79 Å². The minimum Gasteiger partial charge on any atom is -0.489 e. The second-order valence-corrected chi connectivity index (χ2v) is 11.3. The third kappa shape index (κ3) is 5.34. The van der Waals surface area contributed by atoms with Crippen molar-refractivity contribution in [3.05, 3.63) is 28.5 Å². The van der Waals surface area contributed by atoms with E-state index in [0.29, 0.717) is 61.8 Å². The number of hydrogen-bond acceptors (Lipinski definition) is 4. The highest BCUT2D eigenvalue weighted by Crippen LogP contribution is 2.39. The smallest absolute Gasteiger partial charge is 0.306 e. The van der Waals surface area contributed by atoms with E-state index >= 15 is 0 Å². The molecule has 6 nitrogen and oxygen atoms in total. The van der Waals surface area contributed by atoms with Crippen molar-refractivity contribution in [2.45, 2.75) is 63.2 Å². The van der Waals surface area contributed by atoms with Crippen molar-refractivity contribution in [2.24, 2.45) is 11.8 Å². The number of benzene rings is 1. The van der Waals surface area contributed by atoms with Gasteiger partial charge in [-0.05, 0) is 78.6 Å². The predicted octanol–water partition coefficient (Wildman–Crippen LogP) is 4.43. The van der Waals surface area contributed by atoms with Crippen LogP contribution in [0.25, 0.3) is 0 Å². The van der Waals surface area contributed by atoms with Gasteiger partial charge in [-0.25, -0.2) is 17.1 Å². The molecular weight excluding hydrogens is 477 g/mol. The maximum atomic E-state index is 13.2. The van der Waals surface area contributed by atoms with E-state index in [0.717, 1.165) is 6.42 Å².